The zero-order valence-corrected chi connectivity index (χ0v) is 12.3. The van der Waals surface area contributed by atoms with Gasteiger partial charge in [-0.2, -0.15) is 0 Å². The number of methoxy groups -OCH3 is 2. The molecule has 0 saturated carbocycles. The molecular formula is C18H14O4. The summed E-state index contributed by atoms with van der Waals surface area (Å²) < 4.78 is 9.61. The topological polar surface area (TPSA) is 52.6 Å². The quantitative estimate of drug-likeness (QED) is 0.535. The van der Waals surface area contributed by atoms with Crippen molar-refractivity contribution in [3.8, 4) is 0 Å². The fraction of sp³-hybridized carbons (Fsp3) is 0.111. The van der Waals surface area contributed by atoms with Gasteiger partial charge in [0.25, 0.3) is 0 Å². The molecule has 0 radical (unpaired) electrons. The Labute approximate surface area is 127 Å². The summed E-state index contributed by atoms with van der Waals surface area (Å²) >= 11 is 0. The van der Waals surface area contributed by atoms with E-state index in [9.17, 15) is 9.59 Å². The Morgan fingerprint density at radius 3 is 2.14 bits per heavy atom. The van der Waals surface area contributed by atoms with Gasteiger partial charge in [0.15, 0.2) is 0 Å². The van der Waals surface area contributed by atoms with Gasteiger partial charge in [-0.25, -0.2) is 9.59 Å². The highest BCUT2D eigenvalue weighted by molar-refractivity contribution is 6.18. The summed E-state index contributed by atoms with van der Waals surface area (Å²) in [5, 5.41) is 3.65. The number of hydrogen-bond acceptors (Lipinski definition) is 4. The maximum atomic E-state index is 12.2. The Kier molecular flexibility index (Phi) is 3.51. The minimum atomic E-state index is -0.560. The lowest BCUT2D eigenvalue weighted by Crippen LogP contribution is -2.12. The molecular weight excluding hydrogens is 280 g/mol. The van der Waals surface area contributed by atoms with E-state index in [1.165, 1.54) is 14.2 Å². The van der Waals surface area contributed by atoms with Crippen LogP contribution < -0.4 is 0 Å². The first-order valence-corrected chi connectivity index (χ1v) is 6.78. The highest BCUT2D eigenvalue weighted by Crippen LogP contribution is 2.30. The normalized spacial score (nSPS) is 10.6. The van der Waals surface area contributed by atoms with Crippen LogP contribution in [0.3, 0.4) is 0 Å². The zero-order chi connectivity index (χ0) is 15.7. The molecule has 3 rings (SSSR count). The molecule has 0 aliphatic carbocycles. The molecule has 0 aliphatic heterocycles. The van der Waals surface area contributed by atoms with E-state index >= 15 is 0 Å². The molecule has 0 N–H and O–H groups in total. The van der Waals surface area contributed by atoms with Gasteiger partial charge in [-0.3, -0.25) is 0 Å². The van der Waals surface area contributed by atoms with Crippen molar-refractivity contribution in [1.29, 1.82) is 0 Å². The van der Waals surface area contributed by atoms with Gasteiger partial charge in [0.1, 0.15) is 0 Å². The van der Waals surface area contributed by atoms with Crippen LogP contribution in [0.1, 0.15) is 20.7 Å². The average molecular weight is 294 g/mol. The smallest absolute Gasteiger partial charge is 0.339 e. The number of benzene rings is 3. The van der Waals surface area contributed by atoms with E-state index in [0.717, 1.165) is 16.2 Å². The van der Waals surface area contributed by atoms with Crippen molar-refractivity contribution < 1.29 is 19.1 Å². The third-order valence-corrected chi connectivity index (χ3v) is 3.72. The molecule has 0 aromatic heterocycles. The molecule has 0 heterocycles. The van der Waals surface area contributed by atoms with Crippen LogP contribution in [0.2, 0.25) is 0 Å². The van der Waals surface area contributed by atoms with Crippen LogP contribution in [0.5, 0.6) is 0 Å². The van der Waals surface area contributed by atoms with E-state index in [0.29, 0.717) is 5.39 Å². The lowest BCUT2D eigenvalue weighted by Gasteiger charge is -2.11. The Morgan fingerprint density at radius 1 is 0.727 bits per heavy atom. The first-order chi connectivity index (χ1) is 10.7. The van der Waals surface area contributed by atoms with Gasteiger partial charge in [-0.1, -0.05) is 42.5 Å². The van der Waals surface area contributed by atoms with Crippen molar-refractivity contribution in [1.82, 2.24) is 0 Å². The monoisotopic (exact) mass is 294 g/mol. The summed E-state index contributed by atoms with van der Waals surface area (Å²) in [6, 6.07) is 15.1. The molecule has 110 valence electrons. The van der Waals surface area contributed by atoms with Gasteiger partial charge in [-0.05, 0) is 27.6 Å². The van der Waals surface area contributed by atoms with E-state index in [1.807, 2.05) is 42.5 Å². The van der Waals surface area contributed by atoms with Crippen molar-refractivity contribution in [2.75, 3.05) is 14.2 Å². The molecule has 0 spiro atoms. The van der Waals surface area contributed by atoms with Crippen LogP contribution in [0.4, 0.5) is 0 Å². The molecule has 0 amide bonds. The van der Waals surface area contributed by atoms with Crippen LogP contribution >= 0.6 is 0 Å². The predicted octanol–water partition coefficient (Wildman–Crippen LogP) is 3.57. The Morgan fingerprint density at radius 2 is 1.41 bits per heavy atom. The van der Waals surface area contributed by atoms with Crippen molar-refractivity contribution >= 4 is 33.5 Å². The average Bonchev–Trinajstić information content (AvgIpc) is 2.59. The second-order valence-electron chi connectivity index (χ2n) is 4.85. The number of carbonyl (C=O) groups excluding carboxylic acids is 2. The fourth-order valence-corrected chi connectivity index (χ4v) is 2.69. The van der Waals surface area contributed by atoms with E-state index < -0.39 is 11.9 Å². The number of hydrogen-bond donors (Lipinski definition) is 0. The summed E-state index contributed by atoms with van der Waals surface area (Å²) in [7, 11) is 2.58. The van der Waals surface area contributed by atoms with Gasteiger partial charge in [0, 0.05) is 0 Å². The molecule has 0 unspecified atom stereocenters. The lowest BCUT2D eigenvalue weighted by molar-refractivity contribution is 0.0557. The molecule has 4 nitrogen and oxygen atoms in total. The van der Waals surface area contributed by atoms with E-state index in [2.05, 4.69) is 0 Å². The third kappa shape index (κ3) is 2.09. The maximum absolute atomic E-state index is 12.2. The number of fused-ring (bicyclic) bond motifs is 3. The van der Waals surface area contributed by atoms with Crippen molar-refractivity contribution in [2.24, 2.45) is 0 Å². The Hall–Kier alpha value is -2.88. The highest BCUT2D eigenvalue weighted by atomic mass is 16.5. The molecule has 4 heteroatoms. The first-order valence-electron chi connectivity index (χ1n) is 6.78. The molecule has 0 bridgehead atoms. The SMILES string of the molecule is COC(=O)c1ccc2c(ccc3ccccc32)c1C(=O)OC. The Balaban J connectivity index is 2.44. The van der Waals surface area contributed by atoms with E-state index in [-0.39, 0.29) is 11.1 Å². The second kappa shape index (κ2) is 5.48. The number of ether oxygens (including phenoxy) is 2. The van der Waals surface area contributed by atoms with Crippen LogP contribution in [0.15, 0.2) is 48.5 Å². The lowest BCUT2D eigenvalue weighted by atomic mass is 9.95. The van der Waals surface area contributed by atoms with Gasteiger partial charge in [0.2, 0.25) is 0 Å². The van der Waals surface area contributed by atoms with Gasteiger partial charge in [-0.15, -0.1) is 0 Å². The number of esters is 2. The standard InChI is InChI=1S/C18H14O4/c1-21-17(19)15-10-9-13-12-6-4-3-5-11(12)7-8-14(13)16(15)18(20)22-2/h3-10H,1-2H3. The molecule has 0 fully saturated rings. The van der Waals surface area contributed by atoms with Crippen LogP contribution in [-0.2, 0) is 9.47 Å². The number of rotatable bonds is 2. The summed E-state index contributed by atoms with van der Waals surface area (Å²) in [6.45, 7) is 0. The van der Waals surface area contributed by atoms with Gasteiger partial charge < -0.3 is 9.47 Å². The predicted molar refractivity (Wildman–Crippen MR) is 84.1 cm³/mol. The minimum absolute atomic E-state index is 0.206. The molecule has 0 atom stereocenters. The van der Waals surface area contributed by atoms with Crippen LogP contribution in [0.25, 0.3) is 21.5 Å². The highest BCUT2D eigenvalue weighted by Gasteiger charge is 2.21. The van der Waals surface area contributed by atoms with Gasteiger partial charge in [0.05, 0.1) is 25.3 Å². The van der Waals surface area contributed by atoms with E-state index in [4.69, 9.17) is 9.47 Å². The van der Waals surface area contributed by atoms with Crippen molar-refractivity contribution in [3.05, 3.63) is 59.7 Å². The van der Waals surface area contributed by atoms with Crippen LogP contribution in [0, 0.1) is 0 Å². The molecule has 3 aromatic rings. The summed E-state index contributed by atoms with van der Waals surface area (Å²) in [4.78, 5) is 24.1. The first kappa shape index (κ1) is 14.1. The van der Waals surface area contributed by atoms with Gasteiger partial charge >= 0.3 is 11.9 Å². The van der Waals surface area contributed by atoms with Crippen LogP contribution in [-0.4, -0.2) is 26.2 Å². The Bertz CT molecular complexity index is 896. The summed E-state index contributed by atoms with van der Waals surface area (Å²) in [5.74, 6) is -1.11. The summed E-state index contributed by atoms with van der Waals surface area (Å²) in [6.07, 6.45) is 0. The minimum Gasteiger partial charge on any atom is -0.465 e. The molecule has 0 saturated heterocycles. The summed E-state index contributed by atoms with van der Waals surface area (Å²) in [5.41, 5.74) is 0.440. The third-order valence-electron chi connectivity index (χ3n) is 3.72. The number of carbonyl (C=O) groups is 2. The van der Waals surface area contributed by atoms with E-state index in [1.54, 1.807) is 6.07 Å². The second-order valence-corrected chi connectivity index (χ2v) is 4.85. The largest absolute Gasteiger partial charge is 0.465 e. The van der Waals surface area contributed by atoms with Crippen molar-refractivity contribution in [3.63, 3.8) is 0 Å². The molecule has 22 heavy (non-hydrogen) atoms. The maximum Gasteiger partial charge on any atom is 0.339 e. The molecule has 0 aliphatic rings. The van der Waals surface area contributed by atoms with Crippen molar-refractivity contribution in [2.45, 2.75) is 0 Å². The zero-order valence-electron chi connectivity index (χ0n) is 12.3. The fourth-order valence-electron chi connectivity index (χ4n) is 2.69. The molecule has 3 aromatic carbocycles.